The van der Waals surface area contributed by atoms with Crippen LogP contribution in [0.15, 0.2) is 36.4 Å². The zero-order valence-corrected chi connectivity index (χ0v) is 16.4. The van der Waals surface area contributed by atoms with E-state index in [4.69, 9.17) is 23.2 Å². The van der Waals surface area contributed by atoms with Crippen molar-refractivity contribution in [3.63, 3.8) is 0 Å². The maximum absolute atomic E-state index is 12.1. The average molecular weight is 377 g/mol. The van der Waals surface area contributed by atoms with Gasteiger partial charge in [-0.05, 0) is 23.3 Å². The van der Waals surface area contributed by atoms with Gasteiger partial charge in [-0.15, -0.1) is 0 Å². The zero-order valence-electron chi connectivity index (χ0n) is 14.9. The van der Waals surface area contributed by atoms with Gasteiger partial charge in [-0.3, -0.25) is 9.59 Å². The molecule has 0 aliphatic carbocycles. The van der Waals surface area contributed by atoms with Crippen LogP contribution in [0.4, 0.5) is 0 Å². The Balaban J connectivity index is 2.25. The zero-order chi connectivity index (χ0) is 18.7. The van der Waals surface area contributed by atoms with Gasteiger partial charge in [0, 0.05) is 39.4 Å². The minimum absolute atomic E-state index is 0.0672. The fourth-order valence-corrected chi connectivity index (χ4v) is 3.05. The molecule has 2 rings (SSSR count). The summed E-state index contributed by atoms with van der Waals surface area (Å²) in [5.74, 6) is 0.0101. The van der Waals surface area contributed by atoms with Crippen molar-refractivity contribution in [1.29, 1.82) is 0 Å². The molecule has 0 atom stereocenters. The quantitative estimate of drug-likeness (QED) is 0.557. The van der Waals surface area contributed by atoms with Crippen LogP contribution in [0.3, 0.4) is 0 Å². The van der Waals surface area contributed by atoms with Gasteiger partial charge >= 0.3 is 0 Å². The molecule has 132 valence electrons. The first-order valence-corrected chi connectivity index (χ1v) is 9.11. The van der Waals surface area contributed by atoms with Crippen LogP contribution in [0.1, 0.15) is 59.5 Å². The summed E-state index contributed by atoms with van der Waals surface area (Å²) in [7, 11) is 0. The third-order valence-corrected chi connectivity index (χ3v) is 4.81. The van der Waals surface area contributed by atoms with E-state index in [0.717, 1.165) is 11.1 Å². The van der Waals surface area contributed by atoms with Crippen molar-refractivity contribution in [3.8, 4) is 0 Å². The largest absolute Gasteiger partial charge is 0.294 e. The molecule has 0 fully saturated rings. The summed E-state index contributed by atoms with van der Waals surface area (Å²) >= 11 is 12.7. The predicted octanol–water partition coefficient (Wildman–Crippen LogP) is 6.26. The second-order valence-corrected chi connectivity index (χ2v) is 7.64. The lowest BCUT2D eigenvalue weighted by Crippen LogP contribution is -2.08. The third kappa shape index (κ3) is 4.71. The Morgan fingerprint density at radius 1 is 0.760 bits per heavy atom. The molecule has 0 unspecified atom stereocenters. The molecule has 0 aliphatic heterocycles. The van der Waals surface area contributed by atoms with Gasteiger partial charge < -0.3 is 0 Å². The molecule has 0 heterocycles. The molecule has 2 aromatic carbocycles. The summed E-state index contributed by atoms with van der Waals surface area (Å²) in [5, 5.41) is 1.09. The second-order valence-electron chi connectivity index (χ2n) is 6.83. The topological polar surface area (TPSA) is 34.1 Å². The maximum atomic E-state index is 12.1. The number of ketones is 2. The van der Waals surface area contributed by atoms with Gasteiger partial charge in [0.1, 0.15) is 0 Å². The molecule has 0 N–H and O–H groups in total. The van der Waals surface area contributed by atoms with Gasteiger partial charge in [0.05, 0.1) is 0 Å². The number of carbonyl (C=O) groups excluding carboxylic acids is 2. The minimum atomic E-state index is -0.0672. The normalized spacial score (nSPS) is 11.2. The predicted molar refractivity (Wildman–Crippen MR) is 104 cm³/mol. The number of rotatable bonds is 6. The van der Waals surface area contributed by atoms with Crippen molar-refractivity contribution in [2.75, 3.05) is 0 Å². The molecular formula is C21H22Cl2O2. The summed E-state index contributed by atoms with van der Waals surface area (Å²) in [6.07, 6.45) is 0.546. The van der Waals surface area contributed by atoms with E-state index < -0.39 is 0 Å². The molecule has 2 nitrogen and oxygen atoms in total. The molecule has 2 aromatic rings. The van der Waals surface area contributed by atoms with Crippen LogP contribution >= 0.6 is 23.2 Å². The Hall–Kier alpha value is -1.64. The smallest absolute Gasteiger partial charge is 0.165 e. The van der Waals surface area contributed by atoms with Gasteiger partial charge in [-0.25, -0.2) is 0 Å². The van der Waals surface area contributed by atoms with Crippen molar-refractivity contribution < 1.29 is 9.59 Å². The number of carbonyl (C=O) groups is 2. The summed E-state index contributed by atoms with van der Waals surface area (Å²) in [6.45, 7) is 7.46. The van der Waals surface area contributed by atoms with Crippen LogP contribution in [0.5, 0.6) is 0 Å². The summed E-state index contributed by atoms with van der Waals surface area (Å²) < 4.78 is 0. The van der Waals surface area contributed by atoms with Crippen LogP contribution in [-0.2, 0) is 6.42 Å². The van der Waals surface area contributed by atoms with Gasteiger partial charge in [0.2, 0.25) is 0 Å². The third-order valence-electron chi connectivity index (χ3n) is 4.10. The molecule has 25 heavy (non-hydrogen) atoms. The SMILES string of the molecule is CC(C)C(=O)c1ccc(Cc2ccc(C(=O)C(C)C)cc2Cl)c(Cl)c1. The first-order valence-electron chi connectivity index (χ1n) is 8.36. The highest BCUT2D eigenvalue weighted by molar-refractivity contribution is 6.32. The molecule has 0 saturated heterocycles. The Bertz CT molecular complexity index is 740. The number of hydrogen-bond acceptors (Lipinski definition) is 2. The van der Waals surface area contributed by atoms with Crippen LogP contribution in [0.2, 0.25) is 10.0 Å². The number of halogens is 2. The van der Waals surface area contributed by atoms with E-state index in [9.17, 15) is 9.59 Å². The van der Waals surface area contributed by atoms with E-state index in [1.54, 1.807) is 24.3 Å². The molecule has 0 saturated carbocycles. The number of Topliss-reactive ketones (excluding diaryl/α,β-unsaturated/α-hetero) is 2. The van der Waals surface area contributed by atoms with Gasteiger partial charge in [-0.1, -0.05) is 75.2 Å². The van der Waals surface area contributed by atoms with E-state index in [1.165, 1.54) is 0 Å². The van der Waals surface area contributed by atoms with E-state index in [-0.39, 0.29) is 23.4 Å². The Labute approximate surface area is 159 Å². The van der Waals surface area contributed by atoms with Crippen molar-refractivity contribution in [2.45, 2.75) is 34.1 Å². The van der Waals surface area contributed by atoms with Crippen LogP contribution in [0.25, 0.3) is 0 Å². The van der Waals surface area contributed by atoms with Gasteiger partial charge in [-0.2, -0.15) is 0 Å². The standard InChI is InChI=1S/C21H22Cl2O2/c1-12(2)20(24)16-7-5-14(18(22)10-16)9-15-6-8-17(11-19(15)23)21(25)13(3)4/h5-8,10-13H,9H2,1-4H3. The van der Waals surface area contributed by atoms with Crippen molar-refractivity contribution in [1.82, 2.24) is 0 Å². The lowest BCUT2D eigenvalue weighted by molar-refractivity contribution is 0.0932. The molecule has 0 amide bonds. The first-order chi connectivity index (χ1) is 11.7. The molecular weight excluding hydrogens is 355 g/mol. The molecule has 0 aliphatic rings. The Kier molecular flexibility index (Phi) is 6.42. The highest BCUT2D eigenvalue weighted by Crippen LogP contribution is 2.27. The Morgan fingerprint density at radius 3 is 1.40 bits per heavy atom. The number of benzene rings is 2. The summed E-state index contributed by atoms with van der Waals surface area (Å²) in [4.78, 5) is 24.1. The Morgan fingerprint density at radius 2 is 1.12 bits per heavy atom. The first kappa shape index (κ1) is 19.7. The minimum Gasteiger partial charge on any atom is -0.294 e. The van der Waals surface area contributed by atoms with Gasteiger partial charge in [0.25, 0.3) is 0 Å². The van der Waals surface area contributed by atoms with Crippen molar-refractivity contribution in [2.24, 2.45) is 11.8 Å². The summed E-state index contributed by atoms with van der Waals surface area (Å²) in [6, 6.07) is 10.7. The van der Waals surface area contributed by atoms with E-state index in [1.807, 2.05) is 39.8 Å². The fourth-order valence-electron chi connectivity index (χ4n) is 2.56. The van der Waals surface area contributed by atoms with E-state index in [0.29, 0.717) is 27.6 Å². The van der Waals surface area contributed by atoms with Crippen LogP contribution in [-0.4, -0.2) is 11.6 Å². The molecule has 4 heteroatoms. The van der Waals surface area contributed by atoms with Crippen LogP contribution < -0.4 is 0 Å². The fraction of sp³-hybridized carbons (Fsp3) is 0.333. The average Bonchev–Trinajstić information content (AvgIpc) is 2.56. The molecule has 0 bridgehead atoms. The van der Waals surface area contributed by atoms with Crippen molar-refractivity contribution >= 4 is 34.8 Å². The van der Waals surface area contributed by atoms with E-state index in [2.05, 4.69) is 0 Å². The lowest BCUT2D eigenvalue weighted by atomic mass is 9.96. The highest BCUT2D eigenvalue weighted by Gasteiger charge is 2.15. The highest BCUT2D eigenvalue weighted by atomic mass is 35.5. The van der Waals surface area contributed by atoms with Gasteiger partial charge in [0.15, 0.2) is 11.6 Å². The van der Waals surface area contributed by atoms with Crippen molar-refractivity contribution in [3.05, 3.63) is 68.7 Å². The summed E-state index contributed by atoms with van der Waals surface area (Å²) in [5.41, 5.74) is 3.03. The molecule has 0 spiro atoms. The molecule has 0 aromatic heterocycles. The molecule has 0 radical (unpaired) electrons. The maximum Gasteiger partial charge on any atom is 0.165 e. The lowest BCUT2D eigenvalue weighted by Gasteiger charge is -2.11. The monoisotopic (exact) mass is 376 g/mol. The second kappa shape index (κ2) is 8.16. The van der Waals surface area contributed by atoms with Crippen LogP contribution in [0, 0.1) is 11.8 Å². The van der Waals surface area contributed by atoms with E-state index >= 15 is 0 Å². The number of hydrogen-bond donors (Lipinski definition) is 0.